The number of para-hydroxylation sites is 2. The number of rotatable bonds is 5. The molecule has 3 N–H and O–H groups in total. The van der Waals surface area contributed by atoms with Gasteiger partial charge in [-0.05, 0) is 37.4 Å². The molecule has 7 nitrogen and oxygen atoms in total. The zero-order valence-electron chi connectivity index (χ0n) is 15.4. The molecule has 0 aliphatic carbocycles. The van der Waals surface area contributed by atoms with Crippen LogP contribution in [0.4, 0.5) is 17.1 Å². The molecule has 0 saturated carbocycles. The average molecular weight is 413 g/mol. The van der Waals surface area contributed by atoms with Crippen molar-refractivity contribution in [1.29, 1.82) is 0 Å². The van der Waals surface area contributed by atoms with Crippen LogP contribution in [0.25, 0.3) is 0 Å². The first kappa shape index (κ1) is 21.1. The number of likely N-dealkylation sites (N-methyl/N-ethyl adjacent to an activating group) is 1. The summed E-state index contributed by atoms with van der Waals surface area (Å²) < 4.78 is 33.2. The molecule has 0 spiro atoms. The first-order valence-corrected chi connectivity index (χ1v) is 9.88. The number of benzene rings is 2. The van der Waals surface area contributed by atoms with Crippen LogP contribution in [0, 0.1) is 0 Å². The van der Waals surface area contributed by atoms with Crippen molar-refractivity contribution in [3.63, 3.8) is 0 Å². The molecule has 148 valence electrons. The predicted octanol–water partition coefficient (Wildman–Crippen LogP) is 2.25. The van der Waals surface area contributed by atoms with E-state index in [1.54, 1.807) is 36.4 Å². The van der Waals surface area contributed by atoms with Gasteiger partial charge in [-0.2, -0.15) is 0 Å². The van der Waals surface area contributed by atoms with Gasteiger partial charge in [-0.3, -0.25) is 4.72 Å². The highest BCUT2D eigenvalue weighted by Crippen LogP contribution is 2.30. The third kappa shape index (κ3) is 4.77. The summed E-state index contributed by atoms with van der Waals surface area (Å²) in [5.41, 5.74) is 7.87. The molecule has 0 amide bonds. The van der Waals surface area contributed by atoms with Crippen molar-refractivity contribution >= 4 is 39.5 Å². The highest BCUT2D eigenvalue weighted by molar-refractivity contribution is 7.92. The van der Waals surface area contributed by atoms with E-state index in [0.717, 1.165) is 31.9 Å². The zero-order chi connectivity index (χ0) is 18.7. The molecular weight excluding hydrogens is 388 g/mol. The van der Waals surface area contributed by atoms with E-state index in [0.29, 0.717) is 17.1 Å². The number of halogens is 1. The van der Waals surface area contributed by atoms with Crippen molar-refractivity contribution < 1.29 is 13.2 Å². The van der Waals surface area contributed by atoms with Crippen molar-refractivity contribution in [3.05, 3.63) is 42.5 Å². The van der Waals surface area contributed by atoms with E-state index >= 15 is 0 Å². The lowest BCUT2D eigenvalue weighted by Gasteiger charge is -2.34. The van der Waals surface area contributed by atoms with Crippen LogP contribution in [0.2, 0.25) is 0 Å². The molecule has 2 aromatic rings. The van der Waals surface area contributed by atoms with Gasteiger partial charge < -0.3 is 20.3 Å². The molecule has 0 aromatic heterocycles. The summed E-state index contributed by atoms with van der Waals surface area (Å²) in [7, 11) is -0.182. The number of methoxy groups -OCH3 is 1. The van der Waals surface area contributed by atoms with Gasteiger partial charge in [-0.25, -0.2) is 8.42 Å². The van der Waals surface area contributed by atoms with Gasteiger partial charge in [-0.1, -0.05) is 12.1 Å². The molecule has 0 radical (unpaired) electrons. The summed E-state index contributed by atoms with van der Waals surface area (Å²) in [6.45, 7) is 3.64. The molecule has 0 unspecified atom stereocenters. The molecule has 1 aliphatic rings. The Hall–Kier alpha value is -2.16. The van der Waals surface area contributed by atoms with Crippen LogP contribution < -0.4 is 20.1 Å². The number of nitrogens with zero attached hydrogens (tertiary/aromatic N) is 2. The summed E-state index contributed by atoms with van der Waals surface area (Å²) in [6.07, 6.45) is 0. The summed E-state index contributed by atoms with van der Waals surface area (Å²) in [5.74, 6) is 0.457. The Labute approximate surface area is 166 Å². The molecule has 0 atom stereocenters. The van der Waals surface area contributed by atoms with Crippen LogP contribution in [0.1, 0.15) is 0 Å². The first-order valence-electron chi connectivity index (χ1n) is 8.39. The molecule has 1 aliphatic heterocycles. The fourth-order valence-electron chi connectivity index (χ4n) is 2.97. The lowest BCUT2D eigenvalue weighted by atomic mass is 10.2. The minimum Gasteiger partial charge on any atom is -0.495 e. The van der Waals surface area contributed by atoms with Crippen molar-refractivity contribution in [2.75, 3.05) is 55.7 Å². The summed E-state index contributed by atoms with van der Waals surface area (Å²) in [5, 5.41) is 0. The van der Waals surface area contributed by atoms with Crippen molar-refractivity contribution in [1.82, 2.24) is 4.90 Å². The molecule has 2 aromatic carbocycles. The first-order chi connectivity index (χ1) is 12.4. The fraction of sp³-hybridized carbons (Fsp3) is 0.333. The number of piperazine rings is 1. The normalized spacial score (nSPS) is 15.1. The van der Waals surface area contributed by atoms with Crippen LogP contribution in [0.15, 0.2) is 47.4 Å². The second kappa shape index (κ2) is 8.69. The van der Waals surface area contributed by atoms with Crippen LogP contribution in [0.5, 0.6) is 5.75 Å². The van der Waals surface area contributed by atoms with Gasteiger partial charge in [0.05, 0.1) is 29.1 Å². The number of ether oxygens (including phenoxy) is 1. The lowest BCUT2D eigenvalue weighted by molar-refractivity contribution is 0.313. The van der Waals surface area contributed by atoms with Gasteiger partial charge in [0.2, 0.25) is 0 Å². The largest absolute Gasteiger partial charge is 0.495 e. The molecule has 27 heavy (non-hydrogen) atoms. The Morgan fingerprint density at radius 3 is 2.37 bits per heavy atom. The number of hydrogen-bond donors (Lipinski definition) is 2. The number of nitrogen functional groups attached to an aromatic ring is 1. The molecule has 1 saturated heterocycles. The SMILES string of the molecule is COc1ccccc1NS(=O)(=O)c1ccc(N2CCN(C)CC2)c(N)c1.Cl. The summed E-state index contributed by atoms with van der Waals surface area (Å²) in [4.78, 5) is 4.56. The van der Waals surface area contributed by atoms with Crippen LogP contribution >= 0.6 is 12.4 Å². The molecule has 3 rings (SSSR count). The lowest BCUT2D eigenvalue weighted by Crippen LogP contribution is -2.44. The minimum atomic E-state index is -3.76. The van der Waals surface area contributed by atoms with E-state index in [1.807, 2.05) is 0 Å². The predicted molar refractivity (Wildman–Crippen MR) is 112 cm³/mol. The van der Waals surface area contributed by atoms with E-state index in [-0.39, 0.29) is 17.3 Å². The Kier molecular flexibility index (Phi) is 6.80. The maximum absolute atomic E-state index is 12.7. The number of nitrogens with one attached hydrogen (secondary N) is 1. The number of anilines is 3. The molecule has 1 heterocycles. The quantitative estimate of drug-likeness (QED) is 0.732. The Bertz CT molecular complexity index is 884. The topological polar surface area (TPSA) is 87.9 Å². The van der Waals surface area contributed by atoms with Gasteiger partial charge in [0.25, 0.3) is 10.0 Å². The third-order valence-corrected chi connectivity index (χ3v) is 5.87. The van der Waals surface area contributed by atoms with Crippen LogP contribution in [-0.4, -0.2) is 53.7 Å². The molecule has 1 fully saturated rings. The number of hydrogen-bond acceptors (Lipinski definition) is 6. The number of nitrogens with two attached hydrogens (primary N) is 1. The van der Waals surface area contributed by atoms with E-state index in [2.05, 4.69) is 21.6 Å². The minimum absolute atomic E-state index is 0. The molecule has 0 bridgehead atoms. The smallest absolute Gasteiger partial charge is 0.262 e. The van der Waals surface area contributed by atoms with Crippen molar-refractivity contribution in [2.45, 2.75) is 4.90 Å². The van der Waals surface area contributed by atoms with E-state index in [9.17, 15) is 8.42 Å². The standard InChI is InChI=1S/C18H24N4O3S.ClH/c1-21-9-11-22(12-10-21)17-8-7-14(13-15(17)19)26(23,24)20-16-5-3-4-6-18(16)25-2;/h3-8,13,20H,9-12,19H2,1-2H3;1H. The van der Waals surface area contributed by atoms with E-state index in [4.69, 9.17) is 10.5 Å². The highest BCUT2D eigenvalue weighted by atomic mass is 35.5. The van der Waals surface area contributed by atoms with Gasteiger partial charge in [0, 0.05) is 26.2 Å². The Morgan fingerprint density at radius 2 is 1.74 bits per heavy atom. The van der Waals surface area contributed by atoms with Crippen molar-refractivity contribution in [3.8, 4) is 5.75 Å². The maximum atomic E-state index is 12.7. The van der Waals surface area contributed by atoms with Crippen LogP contribution in [-0.2, 0) is 10.0 Å². The zero-order valence-corrected chi connectivity index (χ0v) is 17.0. The number of sulfonamides is 1. The van der Waals surface area contributed by atoms with E-state index in [1.165, 1.54) is 13.2 Å². The second-order valence-electron chi connectivity index (χ2n) is 6.32. The van der Waals surface area contributed by atoms with Gasteiger partial charge in [0.1, 0.15) is 5.75 Å². The Balaban J connectivity index is 0.00000261. The maximum Gasteiger partial charge on any atom is 0.262 e. The van der Waals surface area contributed by atoms with Crippen molar-refractivity contribution in [2.24, 2.45) is 0 Å². The summed E-state index contributed by atoms with van der Waals surface area (Å²) >= 11 is 0. The monoisotopic (exact) mass is 412 g/mol. The van der Waals surface area contributed by atoms with Gasteiger partial charge in [0.15, 0.2) is 0 Å². The Morgan fingerprint density at radius 1 is 1.07 bits per heavy atom. The average Bonchev–Trinajstić information content (AvgIpc) is 2.63. The van der Waals surface area contributed by atoms with Crippen LogP contribution in [0.3, 0.4) is 0 Å². The highest BCUT2D eigenvalue weighted by Gasteiger charge is 2.20. The molecular formula is C18H25ClN4O3S. The van der Waals surface area contributed by atoms with Gasteiger partial charge >= 0.3 is 0 Å². The summed E-state index contributed by atoms with van der Waals surface area (Å²) in [6, 6.07) is 11.7. The second-order valence-corrected chi connectivity index (χ2v) is 8.00. The molecule has 9 heteroatoms. The van der Waals surface area contributed by atoms with Gasteiger partial charge in [-0.15, -0.1) is 12.4 Å². The third-order valence-electron chi connectivity index (χ3n) is 4.50. The fourth-order valence-corrected chi connectivity index (χ4v) is 4.07. The van der Waals surface area contributed by atoms with E-state index < -0.39 is 10.0 Å².